The van der Waals surface area contributed by atoms with Crippen LogP contribution in [0.5, 0.6) is 5.75 Å². The molecule has 2 heterocycles. The van der Waals surface area contributed by atoms with Gasteiger partial charge >= 0.3 is 0 Å². The number of hydrogen-bond donors (Lipinski definition) is 1. The number of nitrogens with zero attached hydrogens (tertiary/aromatic N) is 2. The van der Waals surface area contributed by atoms with Crippen molar-refractivity contribution in [3.63, 3.8) is 0 Å². The molecule has 0 saturated carbocycles. The SMILES string of the molecule is Cc1ccc(OCC(=O)NC2CCN(c3nccs3)C2)cc1. The fraction of sp³-hybridized carbons (Fsp3) is 0.375. The molecule has 1 saturated heterocycles. The summed E-state index contributed by atoms with van der Waals surface area (Å²) in [5, 5.41) is 6.01. The Hall–Kier alpha value is -2.08. The van der Waals surface area contributed by atoms with E-state index in [0.717, 1.165) is 30.4 Å². The molecule has 22 heavy (non-hydrogen) atoms. The number of nitrogens with one attached hydrogen (secondary N) is 1. The van der Waals surface area contributed by atoms with Crippen LogP contribution >= 0.6 is 11.3 Å². The molecule has 1 aliphatic heterocycles. The van der Waals surface area contributed by atoms with Gasteiger partial charge in [0, 0.05) is 30.7 Å². The zero-order valence-electron chi connectivity index (χ0n) is 12.5. The van der Waals surface area contributed by atoms with Gasteiger partial charge in [-0.05, 0) is 25.5 Å². The number of carbonyl (C=O) groups is 1. The van der Waals surface area contributed by atoms with Crippen molar-refractivity contribution < 1.29 is 9.53 Å². The third-order valence-electron chi connectivity index (χ3n) is 3.63. The second-order valence-electron chi connectivity index (χ2n) is 5.42. The molecule has 6 heteroatoms. The molecule has 1 fully saturated rings. The number of ether oxygens (including phenoxy) is 1. The van der Waals surface area contributed by atoms with E-state index in [2.05, 4.69) is 15.2 Å². The maximum Gasteiger partial charge on any atom is 0.258 e. The molecule has 1 aliphatic rings. The predicted molar refractivity (Wildman–Crippen MR) is 87.5 cm³/mol. The molecular formula is C16H19N3O2S. The second kappa shape index (κ2) is 6.79. The van der Waals surface area contributed by atoms with Crippen LogP contribution in [0.1, 0.15) is 12.0 Å². The van der Waals surface area contributed by atoms with Gasteiger partial charge in [0.05, 0.1) is 0 Å². The first-order chi connectivity index (χ1) is 10.7. The summed E-state index contributed by atoms with van der Waals surface area (Å²) in [6.07, 6.45) is 2.75. The molecule has 0 spiro atoms. The Bertz CT molecular complexity index is 613. The Morgan fingerprint density at radius 3 is 3.00 bits per heavy atom. The van der Waals surface area contributed by atoms with Crippen LogP contribution in [-0.2, 0) is 4.79 Å². The van der Waals surface area contributed by atoms with Crippen molar-refractivity contribution in [2.45, 2.75) is 19.4 Å². The van der Waals surface area contributed by atoms with E-state index in [4.69, 9.17) is 4.74 Å². The lowest BCUT2D eigenvalue weighted by Gasteiger charge is -2.16. The summed E-state index contributed by atoms with van der Waals surface area (Å²) in [7, 11) is 0. The highest BCUT2D eigenvalue weighted by atomic mass is 32.1. The first kappa shape index (κ1) is 14.8. The fourth-order valence-corrected chi connectivity index (χ4v) is 3.16. The minimum atomic E-state index is -0.0773. The van der Waals surface area contributed by atoms with Crippen molar-refractivity contribution >= 4 is 22.4 Å². The van der Waals surface area contributed by atoms with Crippen molar-refractivity contribution in [3.8, 4) is 5.75 Å². The maximum atomic E-state index is 12.0. The maximum absolute atomic E-state index is 12.0. The first-order valence-corrected chi connectivity index (χ1v) is 8.22. The van der Waals surface area contributed by atoms with Crippen molar-refractivity contribution in [3.05, 3.63) is 41.4 Å². The van der Waals surface area contributed by atoms with E-state index in [1.165, 1.54) is 5.56 Å². The number of amides is 1. The Labute approximate surface area is 133 Å². The number of thiazole rings is 1. The van der Waals surface area contributed by atoms with Gasteiger partial charge in [0.1, 0.15) is 5.75 Å². The van der Waals surface area contributed by atoms with Crippen LogP contribution in [0.25, 0.3) is 0 Å². The highest BCUT2D eigenvalue weighted by Crippen LogP contribution is 2.22. The minimum Gasteiger partial charge on any atom is -0.484 e. The van der Waals surface area contributed by atoms with Gasteiger partial charge in [-0.1, -0.05) is 17.7 Å². The van der Waals surface area contributed by atoms with E-state index in [-0.39, 0.29) is 18.6 Å². The number of aromatic nitrogens is 1. The molecule has 0 bridgehead atoms. The monoisotopic (exact) mass is 317 g/mol. The van der Waals surface area contributed by atoms with Crippen LogP contribution < -0.4 is 15.0 Å². The van der Waals surface area contributed by atoms with Gasteiger partial charge < -0.3 is 15.0 Å². The van der Waals surface area contributed by atoms with Gasteiger partial charge in [0.2, 0.25) is 0 Å². The Kier molecular flexibility index (Phi) is 4.58. The first-order valence-electron chi connectivity index (χ1n) is 7.34. The molecular weight excluding hydrogens is 298 g/mol. The summed E-state index contributed by atoms with van der Waals surface area (Å²) in [5.74, 6) is 0.642. The summed E-state index contributed by atoms with van der Waals surface area (Å²) < 4.78 is 5.50. The van der Waals surface area contributed by atoms with Crippen LogP contribution in [-0.4, -0.2) is 36.6 Å². The largest absolute Gasteiger partial charge is 0.484 e. The van der Waals surface area contributed by atoms with E-state index < -0.39 is 0 Å². The van der Waals surface area contributed by atoms with Crippen molar-refractivity contribution in [1.29, 1.82) is 0 Å². The van der Waals surface area contributed by atoms with E-state index >= 15 is 0 Å². The van der Waals surface area contributed by atoms with Crippen LogP contribution in [0, 0.1) is 6.92 Å². The average Bonchev–Trinajstić information content (AvgIpc) is 3.17. The minimum absolute atomic E-state index is 0.0524. The summed E-state index contributed by atoms with van der Waals surface area (Å²) in [6.45, 7) is 3.81. The Balaban J connectivity index is 1.43. The molecule has 0 radical (unpaired) electrons. The molecule has 3 rings (SSSR count). The summed E-state index contributed by atoms with van der Waals surface area (Å²) in [4.78, 5) is 18.5. The molecule has 1 aromatic heterocycles. The van der Waals surface area contributed by atoms with Gasteiger partial charge in [0.15, 0.2) is 11.7 Å². The van der Waals surface area contributed by atoms with Crippen molar-refractivity contribution in [2.24, 2.45) is 0 Å². The van der Waals surface area contributed by atoms with E-state index in [9.17, 15) is 4.79 Å². The molecule has 1 N–H and O–H groups in total. The van der Waals surface area contributed by atoms with Gasteiger partial charge in [-0.2, -0.15) is 0 Å². The molecule has 116 valence electrons. The van der Waals surface area contributed by atoms with E-state index in [0.29, 0.717) is 0 Å². The topological polar surface area (TPSA) is 54.5 Å². The standard InChI is InChI=1S/C16H19N3O2S/c1-12-2-4-14(5-3-12)21-11-15(20)18-13-6-8-19(10-13)16-17-7-9-22-16/h2-5,7,9,13H,6,8,10-11H2,1H3,(H,18,20). The van der Waals surface area contributed by atoms with Gasteiger partial charge in [-0.3, -0.25) is 4.79 Å². The average molecular weight is 317 g/mol. The lowest BCUT2D eigenvalue weighted by Crippen LogP contribution is -2.39. The van der Waals surface area contributed by atoms with E-state index in [1.807, 2.05) is 36.6 Å². The Morgan fingerprint density at radius 1 is 1.45 bits per heavy atom. The number of hydrogen-bond acceptors (Lipinski definition) is 5. The number of rotatable bonds is 5. The summed E-state index contributed by atoms with van der Waals surface area (Å²) >= 11 is 1.63. The quantitative estimate of drug-likeness (QED) is 0.919. The highest BCUT2D eigenvalue weighted by molar-refractivity contribution is 7.13. The van der Waals surface area contributed by atoms with Crippen molar-refractivity contribution in [1.82, 2.24) is 10.3 Å². The molecule has 5 nitrogen and oxygen atoms in total. The normalized spacial score (nSPS) is 17.5. The van der Waals surface area contributed by atoms with Gasteiger partial charge in [-0.25, -0.2) is 4.98 Å². The fourth-order valence-electron chi connectivity index (χ4n) is 2.48. The lowest BCUT2D eigenvalue weighted by atomic mass is 10.2. The zero-order chi connectivity index (χ0) is 15.4. The van der Waals surface area contributed by atoms with Gasteiger partial charge in [-0.15, -0.1) is 11.3 Å². The van der Waals surface area contributed by atoms with Crippen LogP contribution in [0.4, 0.5) is 5.13 Å². The molecule has 1 atom stereocenters. The molecule has 2 aromatic rings. The third kappa shape index (κ3) is 3.76. The van der Waals surface area contributed by atoms with E-state index in [1.54, 1.807) is 17.5 Å². The van der Waals surface area contributed by atoms with Crippen LogP contribution in [0.3, 0.4) is 0 Å². The summed E-state index contributed by atoms with van der Waals surface area (Å²) in [5.41, 5.74) is 1.17. The van der Waals surface area contributed by atoms with Crippen LogP contribution in [0.2, 0.25) is 0 Å². The number of anilines is 1. The summed E-state index contributed by atoms with van der Waals surface area (Å²) in [6, 6.07) is 7.86. The number of carbonyl (C=O) groups excluding carboxylic acids is 1. The Morgan fingerprint density at radius 2 is 2.27 bits per heavy atom. The second-order valence-corrected chi connectivity index (χ2v) is 6.29. The number of aryl methyl sites for hydroxylation is 1. The molecule has 1 unspecified atom stereocenters. The molecule has 1 aromatic carbocycles. The third-order valence-corrected chi connectivity index (χ3v) is 4.47. The predicted octanol–water partition coefficient (Wildman–Crippen LogP) is 2.23. The van der Waals surface area contributed by atoms with Crippen LogP contribution in [0.15, 0.2) is 35.8 Å². The zero-order valence-corrected chi connectivity index (χ0v) is 13.3. The smallest absolute Gasteiger partial charge is 0.258 e. The highest BCUT2D eigenvalue weighted by Gasteiger charge is 2.25. The molecule has 1 amide bonds. The number of benzene rings is 1. The van der Waals surface area contributed by atoms with Gasteiger partial charge in [0.25, 0.3) is 5.91 Å². The lowest BCUT2D eigenvalue weighted by molar-refractivity contribution is -0.123. The molecule has 0 aliphatic carbocycles. The van der Waals surface area contributed by atoms with Crippen molar-refractivity contribution in [2.75, 3.05) is 24.6 Å².